The van der Waals surface area contributed by atoms with Crippen LogP contribution < -0.4 is 5.32 Å². The molecule has 4 nitrogen and oxygen atoms in total. The van der Waals surface area contributed by atoms with Crippen molar-refractivity contribution < 1.29 is 8.42 Å². The molecule has 0 aliphatic heterocycles. The summed E-state index contributed by atoms with van der Waals surface area (Å²) in [5.41, 5.74) is 0. The Kier molecular flexibility index (Phi) is 7.97. The van der Waals surface area contributed by atoms with Crippen LogP contribution in [-0.4, -0.2) is 57.0 Å². The Bertz CT molecular complexity index is 261. The molecule has 0 heterocycles. The van der Waals surface area contributed by atoms with Crippen LogP contribution in [0.5, 0.6) is 0 Å². The third kappa shape index (κ3) is 7.19. The smallest absolute Gasteiger partial charge is 0.151 e. The molecule has 16 heavy (non-hydrogen) atoms. The predicted octanol–water partition coefficient (Wildman–Crippen LogP) is 0.741. The van der Waals surface area contributed by atoms with Gasteiger partial charge in [-0.2, -0.15) is 0 Å². The second kappa shape index (κ2) is 8.03. The van der Waals surface area contributed by atoms with Gasteiger partial charge in [0.15, 0.2) is 9.84 Å². The van der Waals surface area contributed by atoms with Gasteiger partial charge < -0.3 is 10.2 Å². The maximum Gasteiger partial charge on any atom is 0.151 e. The minimum atomic E-state index is -2.86. The fourth-order valence-corrected chi connectivity index (χ4v) is 2.68. The lowest BCUT2D eigenvalue weighted by atomic mass is 10.4. The number of nitrogens with one attached hydrogen (secondary N) is 1. The summed E-state index contributed by atoms with van der Waals surface area (Å²) >= 11 is 0. The number of nitrogens with zero attached hydrogens (tertiary/aromatic N) is 1. The highest BCUT2D eigenvalue weighted by molar-refractivity contribution is 7.91. The van der Waals surface area contributed by atoms with Gasteiger partial charge in [0.05, 0.1) is 5.75 Å². The van der Waals surface area contributed by atoms with Gasteiger partial charge in [-0.15, -0.1) is 0 Å². The first-order valence-corrected chi connectivity index (χ1v) is 7.93. The molecule has 0 spiro atoms. The monoisotopic (exact) mass is 250 g/mol. The lowest BCUT2D eigenvalue weighted by molar-refractivity contribution is 0.299. The second-order valence-electron chi connectivity index (χ2n) is 4.08. The molecule has 5 heteroatoms. The molecule has 0 fully saturated rings. The van der Waals surface area contributed by atoms with Crippen LogP contribution in [0.3, 0.4) is 0 Å². The van der Waals surface area contributed by atoms with Crippen molar-refractivity contribution in [3.05, 3.63) is 0 Å². The van der Waals surface area contributed by atoms with Gasteiger partial charge in [0.2, 0.25) is 0 Å². The van der Waals surface area contributed by atoms with Gasteiger partial charge in [0.1, 0.15) is 0 Å². The van der Waals surface area contributed by atoms with Gasteiger partial charge in [-0.1, -0.05) is 20.8 Å². The zero-order chi connectivity index (χ0) is 12.6. The second-order valence-corrected chi connectivity index (χ2v) is 6.48. The molecular formula is C11H26N2O2S. The van der Waals surface area contributed by atoms with Crippen LogP contribution in [0.15, 0.2) is 0 Å². The summed E-state index contributed by atoms with van der Waals surface area (Å²) in [5, 5.41) is 3.25. The number of hydrogen-bond donors (Lipinski definition) is 1. The summed E-state index contributed by atoms with van der Waals surface area (Å²) in [6.07, 6.45) is 0. The molecule has 0 aromatic rings. The van der Waals surface area contributed by atoms with Crippen LogP contribution in [0.2, 0.25) is 0 Å². The predicted molar refractivity (Wildman–Crippen MR) is 69.6 cm³/mol. The fraction of sp³-hybridized carbons (Fsp3) is 1.00. The molecule has 98 valence electrons. The molecule has 0 radical (unpaired) electrons. The van der Waals surface area contributed by atoms with E-state index in [1.54, 1.807) is 6.92 Å². The maximum absolute atomic E-state index is 11.4. The van der Waals surface area contributed by atoms with Gasteiger partial charge in [-0.3, -0.25) is 0 Å². The number of likely N-dealkylation sites (N-methyl/N-ethyl adjacent to an activating group) is 1. The Labute approximate surface area is 100 Å². The molecule has 0 aliphatic carbocycles. The van der Waals surface area contributed by atoms with Crippen LogP contribution in [-0.2, 0) is 9.84 Å². The Hall–Kier alpha value is -0.130. The van der Waals surface area contributed by atoms with Gasteiger partial charge >= 0.3 is 0 Å². The number of sulfone groups is 1. The first-order valence-electron chi connectivity index (χ1n) is 6.11. The van der Waals surface area contributed by atoms with Crippen LogP contribution in [0, 0.1) is 0 Å². The number of hydrogen-bond acceptors (Lipinski definition) is 4. The highest BCUT2D eigenvalue weighted by Crippen LogP contribution is 1.94. The standard InChI is InChI=1S/C11H26N2O2S/c1-5-13(6-2)9-8-12-11(4)10-16(14,15)7-3/h11-12H,5-10H2,1-4H3. The molecule has 0 aromatic heterocycles. The van der Waals surface area contributed by atoms with Crippen molar-refractivity contribution in [1.82, 2.24) is 10.2 Å². The molecule has 1 atom stereocenters. The van der Waals surface area contributed by atoms with Crippen molar-refractivity contribution in [1.29, 1.82) is 0 Å². The van der Waals surface area contributed by atoms with Crippen LogP contribution in [0.4, 0.5) is 0 Å². The van der Waals surface area contributed by atoms with Crippen LogP contribution in [0.1, 0.15) is 27.7 Å². The Balaban J connectivity index is 3.78. The van der Waals surface area contributed by atoms with Crippen molar-refractivity contribution in [3.63, 3.8) is 0 Å². The summed E-state index contributed by atoms with van der Waals surface area (Å²) in [5.74, 6) is 0.469. The molecule has 0 amide bonds. The van der Waals surface area contributed by atoms with Crippen molar-refractivity contribution in [3.8, 4) is 0 Å². The molecule has 0 saturated carbocycles. The van der Waals surface area contributed by atoms with Crippen LogP contribution >= 0.6 is 0 Å². The molecule has 0 saturated heterocycles. The van der Waals surface area contributed by atoms with E-state index in [1.165, 1.54) is 0 Å². The zero-order valence-electron chi connectivity index (χ0n) is 11.0. The molecule has 1 N–H and O–H groups in total. The molecule has 0 aromatic carbocycles. The fourth-order valence-electron chi connectivity index (χ4n) is 1.57. The topological polar surface area (TPSA) is 49.4 Å². The third-order valence-electron chi connectivity index (χ3n) is 2.76. The summed E-state index contributed by atoms with van der Waals surface area (Å²) in [6.45, 7) is 11.8. The van der Waals surface area contributed by atoms with E-state index in [9.17, 15) is 8.42 Å². The Morgan fingerprint density at radius 1 is 1.19 bits per heavy atom. The lowest BCUT2D eigenvalue weighted by Crippen LogP contribution is -2.39. The minimum Gasteiger partial charge on any atom is -0.312 e. The third-order valence-corrected chi connectivity index (χ3v) is 4.65. The molecular weight excluding hydrogens is 224 g/mol. The van der Waals surface area contributed by atoms with Crippen LogP contribution in [0.25, 0.3) is 0 Å². The van der Waals surface area contributed by atoms with E-state index in [4.69, 9.17) is 0 Å². The quantitative estimate of drug-likeness (QED) is 0.656. The van der Waals surface area contributed by atoms with Gasteiger partial charge in [-0.05, 0) is 20.0 Å². The van der Waals surface area contributed by atoms with Crippen molar-refractivity contribution in [2.75, 3.05) is 37.7 Å². The summed E-state index contributed by atoms with van der Waals surface area (Å²) in [7, 11) is -2.86. The van der Waals surface area contributed by atoms with Gasteiger partial charge in [0.25, 0.3) is 0 Å². The van der Waals surface area contributed by atoms with E-state index in [0.29, 0.717) is 0 Å². The Morgan fingerprint density at radius 3 is 2.19 bits per heavy atom. The molecule has 1 unspecified atom stereocenters. The maximum atomic E-state index is 11.4. The summed E-state index contributed by atoms with van der Waals surface area (Å²) in [4.78, 5) is 2.31. The van der Waals surface area contributed by atoms with E-state index in [0.717, 1.165) is 26.2 Å². The molecule has 0 bridgehead atoms. The average molecular weight is 250 g/mol. The highest BCUT2D eigenvalue weighted by atomic mass is 32.2. The Morgan fingerprint density at radius 2 is 1.75 bits per heavy atom. The van der Waals surface area contributed by atoms with Crippen molar-refractivity contribution >= 4 is 9.84 Å². The molecule has 0 aliphatic rings. The first kappa shape index (κ1) is 15.9. The normalized spacial score (nSPS) is 14.3. The summed E-state index contributed by atoms with van der Waals surface area (Å²) in [6, 6.07) is 0.0421. The SMILES string of the molecule is CCN(CC)CCNC(C)CS(=O)(=O)CC. The van der Waals surface area contributed by atoms with Gasteiger partial charge in [-0.25, -0.2) is 8.42 Å². The molecule has 0 rings (SSSR count). The highest BCUT2D eigenvalue weighted by Gasteiger charge is 2.12. The van der Waals surface area contributed by atoms with E-state index in [-0.39, 0.29) is 17.5 Å². The van der Waals surface area contributed by atoms with E-state index < -0.39 is 9.84 Å². The van der Waals surface area contributed by atoms with Gasteiger partial charge in [0, 0.05) is 24.9 Å². The number of rotatable bonds is 9. The minimum absolute atomic E-state index is 0.0421. The van der Waals surface area contributed by atoms with E-state index >= 15 is 0 Å². The van der Waals surface area contributed by atoms with E-state index in [2.05, 4.69) is 24.1 Å². The van der Waals surface area contributed by atoms with Crippen molar-refractivity contribution in [2.24, 2.45) is 0 Å². The van der Waals surface area contributed by atoms with Crippen molar-refractivity contribution in [2.45, 2.75) is 33.7 Å². The lowest BCUT2D eigenvalue weighted by Gasteiger charge is -2.20. The largest absolute Gasteiger partial charge is 0.312 e. The summed E-state index contributed by atoms with van der Waals surface area (Å²) < 4.78 is 22.7. The zero-order valence-corrected chi connectivity index (χ0v) is 11.8. The van der Waals surface area contributed by atoms with E-state index in [1.807, 2.05) is 6.92 Å². The average Bonchev–Trinajstić information content (AvgIpc) is 2.24. The first-order chi connectivity index (χ1) is 7.45.